The van der Waals surface area contributed by atoms with Gasteiger partial charge in [0.1, 0.15) is 22.3 Å². The predicted octanol–water partition coefficient (Wildman–Crippen LogP) is 8.19. The lowest BCUT2D eigenvalue weighted by Gasteiger charge is -2.20. The summed E-state index contributed by atoms with van der Waals surface area (Å²) in [7, 11) is -3.11. The maximum absolute atomic E-state index is 15.0. The van der Waals surface area contributed by atoms with Gasteiger partial charge in [-0.3, -0.25) is 4.98 Å². The molecule has 5 aromatic carbocycles. The van der Waals surface area contributed by atoms with E-state index in [1.54, 1.807) is 6.20 Å². The van der Waals surface area contributed by atoms with Gasteiger partial charge in [0.25, 0.3) is 0 Å². The summed E-state index contributed by atoms with van der Waals surface area (Å²) >= 11 is 0. The Bertz CT molecular complexity index is 2200. The third-order valence-electron chi connectivity index (χ3n) is 7.61. The summed E-state index contributed by atoms with van der Waals surface area (Å²) in [6.07, 6.45) is 1.79. The Morgan fingerprint density at radius 1 is 0.475 bits per heavy atom. The second-order valence-corrected chi connectivity index (χ2v) is 12.7. The lowest BCUT2D eigenvalue weighted by atomic mass is 10.0. The highest BCUT2D eigenvalue weighted by Crippen LogP contribution is 2.44. The summed E-state index contributed by atoms with van der Waals surface area (Å²) in [5.41, 5.74) is 6.13. The van der Waals surface area contributed by atoms with Crippen molar-refractivity contribution >= 4 is 67.1 Å². The molecule has 4 nitrogen and oxygen atoms in total. The Balaban J connectivity index is 1.32. The molecule has 0 N–H and O–H groups in total. The minimum absolute atomic E-state index is 0.768. The monoisotopic (exact) mass is 535 g/mol. The molecule has 5 heteroatoms. The van der Waals surface area contributed by atoms with E-state index in [0.29, 0.717) is 0 Å². The topological polar surface area (TPSA) is 56.2 Å². The Morgan fingerprint density at radius 3 is 1.70 bits per heavy atom. The average Bonchev–Trinajstić information content (AvgIpc) is 3.58. The molecule has 0 bridgehead atoms. The molecule has 0 saturated carbocycles. The average molecular weight is 536 g/mol. The van der Waals surface area contributed by atoms with Crippen LogP contribution in [0.5, 0.6) is 0 Å². The van der Waals surface area contributed by atoms with Gasteiger partial charge in [0.15, 0.2) is 12.7 Å². The highest BCUT2D eigenvalue weighted by atomic mass is 31.2. The molecule has 0 aliphatic rings. The van der Waals surface area contributed by atoms with Crippen LogP contribution in [0.2, 0.25) is 0 Å². The van der Waals surface area contributed by atoms with Crippen molar-refractivity contribution in [3.8, 4) is 11.1 Å². The minimum atomic E-state index is -3.11. The molecule has 0 radical (unpaired) electrons. The molecule has 0 amide bonds. The fourth-order valence-electron chi connectivity index (χ4n) is 5.64. The van der Waals surface area contributed by atoms with Crippen LogP contribution >= 0.6 is 7.14 Å². The summed E-state index contributed by atoms with van der Waals surface area (Å²) in [5.74, 6) is 0. The maximum atomic E-state index is 15.0. The summed E-state index contributed by atoms with van der Waals surface area (Å²) in [6.45, 7) is 0. The SMILES string of the molecule is O=P(c1ccccc1)(c1ccccc1)c1ccc2oc3ccc(-c4ccc5oc6cccnc6c5c4)cc3c2c1. The van der Waals surface area contributed by atoms with E-state index < -0.39 is 7.14 Å². The Kier molecular flexibility index (Phi) is 5.07. The van der Waals surface area contributed by atoms with Crippen LogP contribution in [-0.4, -0.2) is 4.98 Å². The van der Waals surface area contributed by atoms with E-state index in [1.807, 2.05) is 103 Å². The van der Waals surface area contributed by atoms with Crippen LogP contribution in [0.1, 0.15) is 0 Å². The number of nitrogens with zero attached hydrogens (tertiary/aromatic N) is 1. The van der Waals surface area contributed by atoms with E-state index in [-0.39, 0.29) is 0 Å². The van der Waals surface area contributed by atoms with Gasteiger partial charge < -0.3 is 13.4 Å². The van der Waals surface area contributed by atoms with Crippen LogP contribution in [0, 0.1) is 0 Å². The first-order valence-electron chi connectivity index (χ1n) is 13.1. The van der Waals surface area contributed by atoms with E-state index in [4.69, 9.17) is 8.83 Å². The standard InChI is InChI=1S/C35H22NO3P/c37-40(25-8-3-1-4-9-25,26-10-5-2-6-11-26)27-15-18-32-29(22-27)28-20-23(13-16-31(28)38-32)24-14-17-33-30(21-24)35-34(39-33)12-7-19-36-35/h1-22H. The summed E-state index contributed by atoms with van der Waals surface area (Å²) in [6, 6.07) is 41.7. The number of fused-ring (bicyclic) bond motifs is 6. The number of pyridine rings is 1. The number of aromatic nitrogens is 1. The summed E-state index contributed by atoms with van der Waals surface area (Å²) < 4.78 is 27.2. The number of furan rings is 2. The van der Waals surface area contributed by atoms with Crippen LogP contribution < -0.4 is 15.9 Å². The van der Waals surface area contributed by atoms with Crippen molar-refractivity contribution in [2.45, 2.75) is 0 Å². The number of hydrogen-bond acceptors (Lipinski definition) is 4. The fourth-order valence-corrected chi connectivity index (χ4v) is 8.31. The lowest BCUT2D eigenvalue weighted by molar-refractivity contribution is 0.592. The molecule has 0 aliphatic heterocycles. The number of benzene rings is 5. The van der Waals surface area contributed by atoms with Crippen LogP contribution in [0.15, 0.2) is 142 Å². The molecule has 0 aliphatic carbocycles. The molecule has 0 spiro atoms. The molecule has 0 unspecified atom stereocenters. The van der Waals surface area contributed by atoms with Crippen molar-refractivity contribution in [3.63, 3.8) is 0 Å². The highest BCUT2D eigenvalue weighted by Gasteiger charge is 2.30. The smallest absolute Gasteiger partial charge is 0.171 e. The first-order valence-corrected chi connectivity index (χ1v) is 14.8. The van der Waals surface area contributed by atoms with Gasteiger partial charge in [0.2, 0.25) is 0 Å². The molecule has 0 saturated heterocycles. The van der Waals surface area contributed by atoms with E-state index in [1.165, 1.54) is 0 Å². The van der Waals surface area contributed by atoms with Crippen molar-refractivity contribution < 1.29 is 13.4 Å². The van der Waals surface area contributed by atoms with Crippen molar-refractivity contribution in [2.75, 3.05) is 0 Å². The van der Waals surface area contributed by atoms with E-state index in [0.717, 1.165) is 71.0 Å². The van der Waals surface area contributed by atoms with Crippen molar-refractivity contribution in [2.24, 2.45) is 0 Å². The van der Waals surface area contributed by atoms with Gasteiger partial charge >= 0.3 is 0 Å². The summed E-state index contributed by atoms with van der Waals surface area (Å²) in [4.78, 5) is 4.53. The molecule has 0 fully saturated rings. The zero-order valence-corrected chi connectivity index (χ0v) is 22.2. The van der Waals surface area contributed by atoms with Crippen LogP contribution in [0.3, 0.4) is 0 Å². The minimum Gasteiger partial charge on any atom is -0.456 e. The van der Waals surface area contributed by atoms with Crippen molar-refractivity contribution in [3.05, 3.63) is 134 Å². The molecule has 3 heterocycles. The molecular formula is C35H22NO3P. The van der Waals surface area contributed by atoms with Gasteiger partial charge in [-0.05, 0) is 65.7 Å². The molecule has 8 aromatic rings. The Morgan fingerprint density at radius 2 is 1.02 bits per heavy atom. The van der Waals surface area contributed by atoms with Crippen molar-refractivity contribution in [1.82, 2.24) is 4.98 Å². The predicted molar refractivity (Wildman–Crippen MR) is 164 cm³/mol. The molecular weight excluding hydrogens is 513 g/mol. The lowest BCUT2D eigenvalue weighted by Crippen LogP contribution is -2.24. The van der Waals surface area contributed by atoms with Gasteiger partial charge in [0, 0.05) is 38.3 Å². The molecule has 3 aromatic heterocycles. The molecule has 8 rings (SSSR count). The maximum Gasteiger partial charge on any atom is 0.171 e. The first kappa shape index (κ1) is 23.0. The van der Waals surface area contributed by atoms with Crippen LogP contribution in [-0.2, 0) is 4.57 Å². The van der Waals surface area contributed by atoms with Gasteiger partial charge in [-0.25, -0.2) is 0 Å². The van der Waals surface area contributed by atoms with Crippen LogP contribution in [0.4, 0.5) is 0 Å². The molecule has 190 valence electrons. The van der Waals surface area contributed by atoms with E-state index >= 15 is 0 Å². The van der Waals surface area contributed by atoms with E-state index in [2.05, 4.69) is 29.2 Å². The van der Waals surface area contributed by atoms with Crippen LogP contribution in [0.25, 0.3) is 55.1 Å². The zero-order valence-electron chi connectivity index (χ0n) is 21.3. The molecule has 0 atom stereocenters. The number of hydrogen-bond donors (Lipinski definition) is 0. The first-order chi connectivity index (χ1) is 19.7. The number of rotatable bonds is 4. The van der Waals surface area contributed by atoms with Crippen molar-refractivity contribution in [1.29, 1.82) is 0 Å². The highest BCUT2D eigenvalue weighted by molar-refractivity contribution is 7.85. The fraction of sp³-hybridized carbons (Fsp3) is 0. The van der Waals surface area contributed by atoms with Gasteiger partial charge in [-0.15, -0.1) is 0 Å². The Hall–Kier alpha value is -4.92. The largest absolute Gasteiger partial charge is 0.456 e. The zero-order chi connectivity index (χ0) is 26.7. The Labute approximate surface area is 229 Å². The molecule has 40 heavy (non-hydrogen) atoms. The normalized spacial score (nSPS) is 12.1. The quantitative estimate of drug-likeness (QED) is 0.213. The van der Waals surface area contributed by atoms with Gasteiger partial charge in [0.05, 0.1) is 0 Å². The second-order valence-electron chi connectivity index (χ2n) is 9.94. The van der Waals surface area contributed by atoms with Gasteiger partial charge in [-0.1, -0.05) is 72.8 Å². The van der Waals surface area contributed by atoms with E-state index in [9.17, 15) is 4.57 Å². The van der Waals surface area contributed by atoms with Gasteiger partial charge in [-0.2, -0.15) is 0 Å². The third kappa shape index (κ3) is 3.47. The summed E-state index contributed by atoms with van der Waals surface area (Å²) in [5, 5.41) is 5.31. The third-order valence-corrected chi connectivity index (χ3v) is 10.7. The second kappa shape index (κ2) is 8.81.